The second-order valence-electron chi connectivity index (χ2n) is 11.3. The summed E-state index contributed by atoms with van der Waals surface area (Å²) >= 11 is 0. The van der Waals surface area contributed by atoms with Gasteiger partial charge >= 0.3 is 18.3 Å². The third-order valence-electron chi connectivity index (χ3n) is 8.95. The number of nitrogens with zero attached hydrogens (tertiary/aromatic N) is 1. The number of aliphatic carboxylic acids is 1. The van der Waals surface area contributed by atoms with Crippen LogP contribution in [0, 0.1) is 23.7 Å². The molecule has 3 atom stereocenters. The van der Waals surface area contributed by atoms with Crippen LogP contribution in [0.4, 0.5) is 26.3 Å². The van der Waals surface area contributed by atoms with Gasteiger partial charge < -0.3 is 14.7 Å². The molecule has 2 aliphatic carbocycles. The molecule has 3 fully saturated rings. The van der Waals surface area contributed by atoms with Crippen LogP contribution in [0.25, 0.3) is 10.8 Å². The highest BCUT2D eigenvalue weighted by Crippen LogP contribution is 2.45. The Morgan fingerprint density at radius 2 is 1.62 bits per heavy atom. The molecule has 218 valence electrons. The van der Waals surface area contributed by atoms with Gasteiger partial charge in [-0.3, -0.25) is 9.59 Å². The minimum atomic E-state index is -4.78. The molecule has 2 aromatic rings. The molecule has 5 nitrogen and oxygen atoms in total. The fourth-order valence-corrected chi connectivity index (χ4v) is 6.89. The SMILES string of the molecule is O=C(O)C1CCCC2CN(C(=O)c3ccc4c(C(F)(F)F)c(OC5CCC(C(F)(F)F)CC5)ccc4c3)CCC21. The van der Waals surface area contributed by atoms with Gasteiger partial charge in [-0.1, -0.05) is 18.6 Å². The average Bonchev–Trinajstić information content (AvgIpc) is 2.90. The molecule has 0 bridgehead atoms. The maximum absolute atomic E-state index is 14.2. The van der Waals surface area contributed by atoms with Crippen LogP contribution in [0.5, 0.6) is 5.75 Å². The van der Waals surface area contributed by atoms with Gasteiger partial charge in [-0.25, -0.2) is 0 Å². The molecule has 1 N–H and O–H groups in total. The van der Waals surface area contributed by atoms with Crippen molar-refractivity contribution >= 4 is 22.6 Å². The minimum absolute atomic E-state index is 0.0118. The van der Waals surface area contributed by atoms with Gasteiger partial charge in [0.05, 0.1) is 17.9 Å². The number of likely N-dealkylation sites (tertiary alicyclic amines) is 1. The molecule has 2 saturated carbocycles. The van der Waals surface area contributed by atoms with Gasteiger partial charge in [0.25, 0.3) is 5.91 Å². The van der Waals surface area contributed by atoms with Gasteiger partial charge in [0.15, 0.2) is 0 Å². The number of piperidine rings is 1. The predicted octanol–water partition coefficient (Wildman–Crippen LogP) is 7.32. The van der Waals surface area contributed by atoms with Gasteiger partial charge in [0, 0.05) is 18.7 Å². The van der Waals surface area contributed by atoms with Crippen molar-refractivity contribution in [2.45, 2.75) is 69.8 Å². The van der Waals surface area contributed by atoms with E-state index in [0.29, 0.717) is 25.9 Å². The summed E-state index contributed by atoms with van der Waals surface area (Å²) in [7, 11) is 0. The zero-order valence-electron chi connectivity index (χ0n) is 21.7. The molecule has 0 radical (unpaired) electrons. The summed E-state index contributed by atoms with van der Waals surface area (Å²) < 4.78 is 87.2. The molecular formula is C29H31F6NO4. The number of benzene rings is 2. The number of carbonyl (C=O) groups excluding carboxylic acids is 1. The molecule has 0 spiro atoms. The van der Waals surface area contributed by atoms with E-state index in [0.717, 1.165) is 12.8 Å². The van der Waals surface area contributed by atoms with E-state index in [4.69, 9.17) is 4.74 Å². The summed E-state index contributed by atoms with van der Waals surface area (Å²) in [6, 6.07) is 6.62. The summed E-state index contributed by atoms with van der Waals surface area (Å²) in [5.41, 5.74) is -0.770. The summed E-state index contributed by atoms with van der Waals surface area (Å²) in [4.78, 5) is 26.6. The molecule has 11 heteroatoms. The second-order valence-corrected chi connectivity index (χ2v) is 11.3. The number of carbonyl (C=O) groups is 2. The number of carboxylic acids is 1. The van der Waals surface area contributed by atoms with Crippen molar-refractivity contribution in [2.75, 3.05) is 13.1 Å². The maximum Gasteiger partial charge on any atom is 0.420 e. The zero-order valence-corrected chi connectivity index (χ0v) is 21.7. The highest BCUT2D eigenvalue weighted by atomic mass is 19.4. The summed E-state index contributed by atoms with van der Waals surface area (Å²) in [5.74, 6) is -3.33. The summed E-state index contributed by atoms with van der Waals surface area (Å²) in [5, 5.41) is 9.60. The van der Waals surface area contributed by atoms with Gasteiger partial charge in [-0.2, -0.15) is 26.3 Å². The Labute approximate surface area is 227 Å². The number of carboxylic acid groups (broad SMARTS) is 1. The number of alkyl halides is 6. The van der Waals surface area contributed by atoms with E-state index in [2.05, 4.69) is 0 Å². The topological polar surface area (TPSA) is 66.8 Å². The van der Waals surface area contributed by atoms with Crippen LogP contribution < -0.4 is 4.74 Å². The fraction of sp³-hybridized carbons (Fsp3) is 0.586. The molecule has 40 heavy (non-hydrogen) atoms. The van der Waals surface area contributed by atoms with Crippen molar-refractivity contribution in [3.8, 4) is 5.75 Å². The Morgan fingerprint density at radius 1 is 0.900 bits per heavy atom. The monoisotopic (exact) mass is 571 g/mol. The van der Waals surface area contributed by atoms with E-state index < -0.39 is 47.6 Å². The van der Waals surface area contributed by atoms with Crippen LogP contribution in [0.1, 0.15) is 67.3 Å². The highest BCUT2D eigenvalue weighted by Gasteiger charge is 2.44. The molecule has 3 unspecified atom stereocenters. The number of ether oxygens (including phenoxy) is 1. The first-order valence-corrected chi connectivity index (χ1v) is 13.7. The van der Waals surface area contributed by atoms with Gasteiger partial charge in [-0.15, -0.1) is 0 Å². The smallest absolute Gasteiger partial charge is 0.420 e. The number of rotatable bonds is 4. The van der Waals surface area contributed by atoms with E-state index in [1.165, 1.54) is 30.3 Å². The predicted molar refractivity (Wildman–Crippen MR) is 134 cm³/mol. The van der Waals surface area contributed by atoms with Crippen LogP contribution in [0.3, 0.4) is 0 Å². The molecule has 1 saturated heterocycles. The summed E-state index contributed by atoms with van der Waals surface area (Å²) in [6.45, 7) is 0.807. The van der Waals surface area contributed by atoms with Crippen molar-refractivity contribution in [3.63, 3.8) is 0 Å². The van der Waals surface area contributed by atoms with Crippen LogP contribution in [0.15, 0.2) is 30.3 Å². The molecule has 3 aliphatic rings. The number of hydrogen-bond donors (Lipinski definition) is 1. The van der Waals surface area contributed by atoms with Crippen molar-refractivity contribution in [1.29, 1.82) is 0 Å². The second kappa shape index (κ2) is 10.8. The van der Waals surface area contributed by atoms with E-state index in [1.807, 2.05) is 0 Å². The minimum Gasteiger partial charge on any atom is -0.490 e. The largest absolute Gasteiger partial charge is 0.490 e. The molecular weight excluding hydrogens is 540 g/mol. The number of halogens is 6. The van der Waals surface area contributed by atoms with Crippen LogP contribution in [0.2, 0.25) is 0 Å². The number of amides is 1. The third kappa shape index (κ3) is 5.74. The molecule has 2 aromatic carbocycles. The Balaban J connectivity index is 1.34. The zero-order chi connectivity index (χ0) is 28.8. The first-order chi connectivity index (χ1) is 18.8. The van der Waals surface area contributed by atoms with Crippen LogP contribution in [-0.4, -0.2) is 47.3 Å². The fourth-order valence-electron chi connectivity index (χ4n) is 6.89. The Hall–Kier alpha value is -2.98. The van der Waals surface area contributed by atoms with E-state index in [9.17, 15) is 41.0 Å². The lowest BCUT2D eigenvalue weighted by atomic mass is 9.68. The van der Waals surface area contributed by atoms with Crippen LogP contribution >= 0.6 is 0 Å². The average molecular weight is 572 g/mol. The Morgan fingerprint density at radius 3 is 2.27 bits per heavy atom. The first-order valence-electron chi connectivity index (χ1n) is 13.7. The number of fused-ring (bicyclic) bond motifs is 2. The maximum atomic E-state index is 14.2. The lowest BCUT2D eigenvalue weighted by Gasteiger charge is -2.44. The normalized spacial score (nSPS) is 27.8. The van der Waals surface area contributed by atoms with E-state index in [1.54, 1.807) is 4.90 Å². The van der Waals surface area contributed by atoms with E-state index >= 15 is 0 Å². The lowest BCUT2D eigenvalue weighted by molar-refractivity contribution is -0.185. The van der Waals surface area contributed by atoms with Crippen molar-refractivity contribution in [2.24, 2.45) is 23.7 Å². The molecule has 1 heterocycles. The lowest BCUT2D eigenvalue weighted by Crippen LogP contribution is -2.48. The van der Waals surface area contributed by atoms with E-state index in [-0.39, 0.29) is 59.8 Å². The molecule has 1 aliphatic heterocycles. The van der Waals surface area contributed by atoms with Crippen molar-refractivity contribution in [3.05, 3.63) is 41.5 Å². The van der Waals surface area contributed by atoms with Gasteiger partial charge in [-0.05, 0) is 85.8 Å². The van der Waals surface area contributed by atoms with Crippen molar-refractivity contribution in [1.82, 2.24) is 4.90 Å². The first kappa shape index (κ1) is 28.5. The standard InChI is InChI=1S/C29H31F6NO4/c30-28(31,32)19-6-8-20(9-7-19)40-24-11-5-16-14-17(4-10-22(16)25(24)29(33,34)35)26(37)36-13-12-21-18(15-36)2-1-3-23(21)27(38)39/h4-5,10-11,14,18-21,23H,1-3,6-9,12-13,15H2,(H,38,39). The summed E-state index contributed by atoms with van der Waals surface area (Å²) in [6.07, 6.45) is -7.39. The van der Waals surface area contributed by atoms with Crippen molar-refractivity contribution < 1.29 is 45.8 Å². The third-order valence-corrected chi connectivity index (χ3v) is 8.95. The Bertz CT molecular complexity index is 1270. The quantitative estimate of drug-likeness (QED) is 0.391. The van der Waals surface area contributed by atoms with Crippen LogP contribution in [-0.2, 0) is 11.0 Å². The molecule has 1 amide bonds. The number of hydrogen-bond acceptors (Lipinski definition) is 3. The molecule has 0 aromatic heterocycles. The highest BCUT2D eigenvalue weighted by molar-refractivity contribution is 6.00. The molecule has 5 rings (SSSR count). The van der Waals surface area contributed by atoms with Gasteiger partial charge in [0.1, 0.15) is 11.3 Å². The Kier molecular flexibility index (Phi) is 7.69. The van der Waals surface area contributed by atoms with Gasteiger partial charge in [0.2, 0.25) is 0 Å².